The first kappa shape index (κ1) is 26.2. The van der Waals surface area contributed by atoms with Crippen LogP contribution in [0.25, 0.3) is 0 Å². The standard InChI is InChI=1S/C25H32ClFN2O2S/c1-4-18(3)28-25(31)23(5-2)29(17-19-8-12-21(27)13-9-19)24(30)7-6-16-32-22-14-10-20(26)11-15-22/h8-15,18,23H,4-7,16-17H2,1-3H3,(H,28,31)/t18-,23+/m0/s1. The first-order valence-corrected chi connectivity index (χ1v) is 12.4. The van der Waals surface area contributed by atoms with Crippen molar-refractivity contribution >= 4 is 35.2 Å². The lowest BCUT2D eigenvalue weighted by Gasteiger charge is -2.31. The number of halogens is 2. The molecule has 2 rings (SSSR count). The molecule has 2 amide bonds. The topological polar surface area (TPSA) is 49.4 Å². The van der Waals surface area contributed by atoms with Gasteiger partial charge in [-0.15, -0.1) is 11.8 Å². The maximum Gasteiger partial charge on any atom is 0.243 e. The van der Waals surface area contributed by atoms with Crippen molar-refractivity contribution in [3.8, 4) is 0 Å². The van der Waals surface area contributed by atoms with E-state index in [4.69, 9.17) is 11.6 Å². The zero-order valence-electron chi connectivity index (χ0n) is 18.9. The highest BCUT2D eigenvalue weighted by atomic mass is 35.5. The van der Waals surface area contributed by atoms with E-state index in [1.807, 2.05) is 45.0 Å². The fourth-order valence-electron chi connectivity index (χ4n) is 3.23. The molecule has 4 nitrogen and oxygen atoms in total. The number of nitrogens with one attached hydrogen (secondary N) is 1. The molecule has 2 aromatic rings. The van der Waals surface area contributed by atoms with Gasteiger partial charge in [0.05, 0.1) is 0 Å². The minimum atomic E-state index is -0.564. The van der Waals surface area contributed by atoms with Gasteiger partial charge in [0, 0.05) is 28.9 Å². The second kappa shape index (κ2) is 13.5. The Morgan fingerprint density at radius 1 is 1.06 bits per heavy atom. The summed E-state index contributed by atoms with van der Waals surface area (Å²) in [4.78, 5) is 28.8. The van der Waals surface area contributed by atoms with Crippen molar-refractivity contribution in [2.75, 3.05) is 5.75 Å². The molecule has 2 atom stereocenters. The predicted octanol–water partition coefficient (Wildman–Crippen LogP) is 6.07. The maximum atomic E-state index is 13.3. The van der Waals surface area contributed by atoms with Crippen LogP contribution in [0.1, 0.15) is 52.0 Å². The molecule has 0 spiro atoms. The minimum absolute atomic E-state index is 0.0371. The van der Waals surface area contributed by atoms with Crippen molar-refractivity contribution in [1.82, 2.24) is 10.2 Å². The third-order valence-corrected chi connectivity index (χ3v) is 6.62. The van der Waals surface area contributed by atoms with E-state index in [9.17, 15) is 14.0 Å². The van der Waals surface area contributed by atoms with Gasteiger partial charge < -0.3 is 10.2 Å². The van der Waals surface area contributed by atoms with Crippen LogP contribution in [-0.4, -0.2) is 34.6 Å². The second-order valence-corrected chi connectivity index (χ2v) is 9.40. The second-order valence-electron chi connectivity index (χ2n) is 7.80. The zero-order valence-corrected chi connectivity index (χ0v) is 20.5. The monoisotopic (exact) mass is 478 g/mol. The van der Waals surface area contributed by atoms with E-state index in [2.05, 4.69) is 5.32 Å². The predicted molar refractivity (Wildman–Crippen MR) is 130 cm³/mol. The summed E-state index contributed by atoms with van der Waals surface area (Å²) in [5.74, 6) is 0.241. The minimum Gasteiger partial charge on any atom is -0.352 e. The molecule has 0 saturated heterocycles. The normalized spacial score (nSPS) is 12.8. The van der Waals surface area contributed by atoms with Crippen LogP contribution < -0.4 is 5.32 Å². The largest absolute Gasteiger partial charge is 0.352 e. The molecule has 0 aliphatic rings. The fourth-order valence-corrected chi connectivity index (χ4v) is 4.21. The third kappa shape index (κ3) is 8.47. The van der Waals surface area contributed by atoms with Gasteiger partial charge in [-0.1, -0.05) is 37.6 Å². The summed E-state index contributed by atoms with van der Waals surface area (Å²) in [6.45, 7) is 6.13. The van der Waals surface area contributed by atoms with Gasteiger partial charge in [0.25, 0.3) is 0 Å². The smallest absolute Gasteiger partial charge is 0.243 e. The highest BCUT2D eigenvalue weighted by Crippen LogP contribution is 2.22. The molecule has 2 aromatic carbocycles. The quantitative estimate of drug-likeness (QED) is 0.297. The van der Waals surface area contributed by atoms with Crippen LogP contribution >= 0.6 is 23.4 Å². The molecule has 0 aliphatic carbocycles. The summed E-state index contributed by atoms with van der Waals surface area (Å²) >= 11 is 7.59. The highest BCUT2D eigenvalue weighted by Gasteiger charge is 2.28. The highest BCUT2D eigenvalue weighted by molar-refractivity contribution is 7.99. The van der Waals surface area contributed by atoms with Crippen molar-refractivity contribution in [3.05, 3.63) is 64.9 Å². The molecule has 0 aromatic heterocycles. The number of nitrogens with zero attached hydrogens (tertiary/aromatic N) is 1. The Bertz CT molecular complexity index is 861. The van der Waals surface area contributed by atoms with Gasteiger partial charge in [-0.25, -0.2) is 4.39 Å². The molecule has 174 valence electrons. The van der Waals surface area contributed by atoms with E-state index in [1.54, 1.807) is 28.8 Å². The number of amides is 2. The number of carbonyl (C=O) groups excluding carboxylic acids is 2. The molecule has 0 radical (unpaired) electrons. The summed E-state index contributed by atoms with van der Waals surface area (Å²) in [5, 5.41) is 3.69. The molecule has 32 heavy (non-hydrogen) atoms. The number of carbonyl (C=O) groups is 2. The number of hydrogen-bond acceptors (Lipinski definition) is 3. The van der Waals surface area contributed by atoms with Gasteiger partial charge in [-0.3, -0.25) is 9.59 Å². The SMILES string of the molecule is CC[C@H](C(=O)N[C@@H](C)CC)N(Cc1ccc(F)cc1)C(=O)CCCSc1ccc(Cl)cc1. The number of thioether (sulfide) groups is 1. The molecule has 0 heterocycles. The molecular weight excluding hydrogens is 447 g/mol. The summed E-state index contributed by atoms with van der Waals surface area (Å²) in [7, 11) is 0. The Hall–Kier alpha value is -2.05. The first-order valence-electron chi connectivity index (χ1n) is 11.1. The van der Waals surface area contributed by atoms with E-state index in [-0.39, 0.29) is 30.2 Å². The van der Waals surface area contributed by atoms with Crippen LogP contribution in [0.2, 0.25) is 5.02 Å². The first-order chi connectivity index (χ1) is 15.3. The van der Waals surface area contributed by atoms with Crippen LogP contribution in [0.15, 0.2) is 53.4 Å². The molecule has 0 fully saturated rings. The Labute approximate surface area is 199 Å². The lowest BCUT2D eigenvalue weighted by Crippen LogP contribution is -2.50. The van der Waals surface area contributed by atoms with Crippen molar-refractivity contribution in [2.24, 2.45) is 0 Å². The van der Waals surface area contributed by atoms with Crippen molar-refractivity contribution in [3.63, 3.8) is 0 Å². The Balaban J connectivity index is 2.05. The lowest BCUT2D eigenvalue weighted by molar-refractivity contribution is -0.141. The average Bonchev–Trinajstić information content (AvgIpc) is 2.78. The molecule has 1 N–H and O–H groups in total. The van der Waals surface area contributed by atoms with Gasteiger partial charge in [-0.2, -0.15) is 0 Å². The fraction of sp³-hybridized carbons (Fsp3) is 0.440. The van der Waals surface area contributed by atoms with E-state index < -0.39 is 6.04 Å². The average molecular weight is 479 g/mol. The van der Waals surface area contributed by atoms with Crippen molar-refractivity contribution in [1.29, 1.82) is 0 Å². The van der Waals surface area contributed by atoms with Gasteiger partial charge in [0.1, 0.15) is 11.9 Å². The Morgan fingerprint density at radius 3 is 2.31 bits per heavy atom. The van der Waals surface area contributed by atoms with Crippen LogP contribution in [0.5, 0.6) is 0 Å². The molecule has 0 bridgehead atoms. The summed E-state index contributed by atoms with van der Waals surface area (Å²) in [5.41, 5.74) is 0.796. The lowest BCUT2D eigenvalue weighted by atomic mass is 10.1. The molecule has 0 aliphatic heterocycles. The Kier molecular flexibility index (Phi) is 11.0. The van der Waals surface area contributed by atoms with E-state index in [1.165, 1.54) is 12.1 Å². The van der Waals surface area contributed by atoms with Crippen molar-refractivity contribution < 1.29 is 14.0 Å². The number of hydrogen-bond donors (Lipinski definition) is 1. The zero-order chi connectivity index (χ0) is 23.5. The summed E-state index contributed by atoms with van der Waals surface area (Å²) < 4.78 is 13.3. The third-order valence-electron chi connectivity index (χ3n) is 5.27. The van der Waals surface area contributed by atoms with E-state index in [0.717, 1.165) is 22.6 Å². The van der Waals surface area contributed by atoms with Gasteiger partial charge in [0.2, 0.25) is 11.8 Å². The molecule has 0 unspecified atom stereocenters. The van der Waals surface area contributed by atoms with Gasteiger partial charge in [0.15, 0.2) is 0 Å². The van der Waals surface area contributed by atoms with E-state index >= 15 is 0 Å². The maximum absolute atomic E-state index is 13.3. The van der Waals surface area contributed by atoms with Gasteiger partial charge in [-0.05, 0) is 73.9 Å². The van der Waals surface area contributed by atoms with Crippen LogP contribution in [0, 0.1) is 5.82 Å². The number of rotatable bonds is 12. The molecule has 0 saturated carbocycles. The van der Waals surface area contributed by atoms with Crippen LogP contribution in [0.3, 0.4) is 0 Å². The number of benzene rings is 2. The van der Waals surface area contributed by atoms with Crippen molar-refractivity contribution in [2.45, 2.75) is 70.0 Å². The summed E-state index contributed by atoms with van der Waals surface area (Å²) in [6.07, 6.45) is 2.36. The van der Waals surface area contributed by atoms with Gasteiger partial charge >= 0.3 is 0 Å². The molecule has 7 heteroatoms. The van der Waals surface area contributed by atoms with Crippen LogP contribution in [0.4, 0.5) is 4.39 Å². The molecular formula is C25H32ClFN2O2S. The Morgan fingerprint density at radius 2 is 1.72 bits per heavy atom. The summed E-state index contributed by atoms with van der Waals surface area (Å²) in [6, 6.07) is 13.2. The van der Waals surface area contributed by atoms with E-state index in [0.29, 0.717) is 24.3 Å². The van der Waals surface area contributed by atoms with Crippen LogP contribution in [-0.2, 0) is 16.1 Å².